The van der Waals surface area contributed by atoms with Crippen molar-refractivity contribution in [2.45, 2.75) is 25.1 Å². The summed E-state index contributed by atoms with van der Waals surface area (Å²) < 4.78 is 7.56. The Morgan fingerprint density at radius 1 is 1.33 bits per heavy atom. The first-order chi connectivity index (χ1) is 11.6. The van der Waals surface area contributed by atoms with E-state index in [2.05, 4.69) is 34.3 Å². The van der Waals surface area contributed by atoms with Crippen molar-refractivity contribution in [3.05, 3.63) is 24.3 Å². The molecule has 1 fully saturated rings. The smallest absolute Gasteiger partial charge is 0.214 e. The Balaban J connectivity index is 1.59. The van der Waals surface area contributed by atoms with Gasteiger partial charge in [-0.05, 0) is 40.6 Å². The van der Waals surface area contributed by atoms with E-state index in [-0.39, 0.29) is 11.9 Å². The minimum absolute atomic E-state index is 0.187. The lowest BCUT2D eigenvalue weighted by molar-refractivity contribution is -0.0191. The average molecular weight is 349 g/mol. The van der Waals surface area contributed by atoms with Gasteiger partial charge >= 0.3 is 0 Å². The second-order valence-corrected chi connectivity index (χ2v) is 7.33. The number of benzene rings is 1. The predicted molar refractivity (Wildman–Crippen MR) is 92.6 cm³/mol. The molecule has 1 saturated heterocycles. The molecule has 0 aliphatic carbocycles. The van der Waals surface area contributed by atoms with Crippen molar-refractivity contribution >= 4 is 11.8 Å². The number of aromatic nitrogens is 4. The molecule has 3 rings (SSSR count). The summed E-state index contributed by atoms with van der Waals surface area (Å²) in [7, 11) is 0. The van der Waals surface area contributed by atoms with Gasteiger partial charge in [-0.25, -0.2) is 0 Å². The van der Waals surface area contributed by atoms with E-state index < -0.39 is 0 Å². The Morgan fingerprint density at radius 2 is 2.12 bits per heavy atom. The van der Waals surface area contributed by atoms with E-state index in [4.69, 9.17) is 4.74 Å². The van der Waals surface area contributed by atoms with Crippen LogP contribution < -0.4 is 0 Å². The summed E-state index contributed by atoms with van der Waals surface area (Å²) in [4.78, 5) is 2.46. The van der Waals surface area contributed by atoms with Gasteiger partial charge in [0.25, 0.3) is 0 Å². The molecule has 1 aromatic carbocycles. The van der Waals surface area contributed by atoms with E-state index in [1.54, 1.807) is 40.7 Å². The molecule has 2 aromatic rings. The molecule has 0 saturated carbocycles. The first-order valence-electron chi connectivity index (χ1n) is 8.16. The minimum Gasteiger partial charge on any atom is -0.508 e. The van der Waals surface area contributed by atoms with Crippen LogP contribution in [-0.4, -0.2) is 68.3 Å². The molecular formula is C16H23N5O2S. The first-order valence-corrected chi connectivity index (χ1v) is 9.15. The predicted octanol–water partition coefficient (Wildman–Crippen LogP) is 1.82. The zero-order valence-corrected chi connectivity index (χ0v) is 14.8. The van der Waals surface area contributed by atoms with Gasteiger partial charge in [-0.3, -0.25) is 4.90 Å². The van der Waals surface area contributed by atoms with Crippen LogP contribution in [0.1, 0.15) is 13.8 Å². The number of nitrogens with zero attached hydrogens (tertiary/aromatic N) is 5. The molecule has 1 aliphatic heterocycles. The molecule has 0 bridgehead atoms. The number of phenols is 1. The number of phenolic OH excluding ortho intramolecular Hbond substituents is 1. The van der Waals surface area contributed by atoms with Crippen LogP contribution in [0.5, 0.6) is 5.75 Å². The minimum atomic E-state index is 0.187. The molecule has 1 aromatic heterocycles. The van der Waals surface area contributed by atoms with Gasteiger partial charge in [0.05, 0.1) is 18.4 Å². The first kappa shape index (κ1) is 17.2. The Bertz CT molecular complexity index is 646. The van der Waals surface area contributed by atoms with Gasteiger partial charge in [0, 0.05) is 25.4 Å². The van der Waals surface area contributed by atoms with Crippen LogP contribution in [0.3, 0.4) is 0 Å². The third-order valence-corrected chi connectivity index (χ3v) is 4.83. The van der Waals surface area contributed by atoms with Crippen LogP contribution >= 0.6 is 11.8 Å². The number of aromatic hydroxyl groups is 1. The van der Waals surface area contributed by atoms with Gasteiger partial charge in [0.2, 0.25) is 5.16 Å². The summed E-state index contributed by atoms with van der Waals surface area (Å²) in [6.07, 6.45) is 0.187. The zero-order chi connectivity index (χ0) is 16.9. The van der Waals surface area contributed by atoms with Crippen molar-refractivity contribution in [1.29, 1.82) is 0 Å². The van der Waals surface area contributed by atoms with Crippen LogP contribution in [0.15, 0.2) is 29.4 Å². The topological polar surface area (TPSA) is 76.3 Å². The number of rotatable bonds is 6. The van der Waals surface area contributed by atoms with E-state index in [0.717, 1.165) is 42.8 Å². The van der Waals surface area contributed by atoms with Crippen LogP contribution in [0.2, 0.25) is 0 Å². The average Bonchev–Trinajstić information content (AvgIpc) is 3.02. The fraction of sp³-hybridized carbons (Fsp3) is 0.562. The molecule has 1 aliphatic rings. The van der Waals surface area contributed by atoms with E-state index in [1.165, 1.54) is 0 Å². The number of ether oxygens (including phenoxy) is 1. The van der Waals surface area contributed by atoms with Gasteiger partial charge in [0.1, 0.15) is 5.75 Å². The number of hydrogen-bond donors (Lipinski definition) is 1. The van der Waals surface area contributed by atoms with E-state index in [1.807, 2.05) is 0 Å². The molecule has 2 heterocycles. The summed E-state index contributed by atoms with van der Waals surface area (Å²) in [6, 6.07) is 6.83. The van der Waals surface area contributed by atoms with Gasteiger partial charge < -0.3 is 9.84 Å². The van der Waals surface area contributed by atoms with E-state index >= 15 is 0 Å². The summed E-state index contributed by atoms with van der Waals surface area (Å²) >= 11 is 1.59. The molecule has 24 heavy (non-hydrogen) atoms. The molecule has 0 radical (unpaired) electrons. The monoisotopic (exact) mass is 349 g/mol. The third-order valence-electron chi connectivity index (χ3n) is 3.78. The molecule has 0 amide bonds. The van der Waals surface area contributed by atoms with Gasteiger partial charge in [-0.15, -0.1) is 5.10 Å². The highest BCUT2D eigenvalue weighted by Crippen LogP contribution is 2.22. The summed E-state index contributed by atoms with van der Waals surface area (Å²) in [6.45, 7) is 8.32. The lowest BCUT2D eigenvalue weighted by atomic mass is 10.2. The molecule has 8 heteroatoms. The van der Waals surface area contributed by atoms with Crippen molar-refractivity contribution < 1.29 is 9.84 Å². The molecule has 7 nitrogen and oxygen atoms in total. The fourth-order valence-corrected chi connectivity index (χ4v) is 3.65. The van der Waals surface area contributed by atoms with Crippen molar-refractivity contribution in [2.75, 3.05) is 32.0 Å². The fourth-order valence-electron chi connectivity index (χ4n) is 2.76. The molecule has 1 N–H and O–H groups in total. The normalized spacial score (nSPS) is 19.0. The number of tetrazole rings is 1. The van der Waals surface area contributed by atoms with Gasteiger partial charge in [-0.1, -0.05) is 25.6 Å². The second kappa shape index (κ2) is 7.96. The van der Waals surface area contributed by atoms with Crippen LogP contribution in [-0.2, 0) is 4.74 Å². The summed E-state index contributed by atoms with van der Waals surface area (Å²) in [5, 5.41) is 22.0. The number of hydrogen-bond acceptors (Lipinski definition) is 7. The Hall–Kier alpha value is -1.64. The van der Waals surface area contributed by atoms with E-state index in [0.29, 0.717) is 5.92 Å². The zero-order valence-electron chi connectivity index (χ0n) is 14.0. The number of thioether (sulfide) groups is 1. The van der Waals surface area contributed by atoms with Crippen molar-refractivity contribution in [3.63, 3.8) is 0 Å². The van der Waals surface area contributed by atoms with Crippen LogP contribution in [0, 0.1) is 5.92 Å². The van der Waals surface area contributed by atoms with Crippen molar-refractivity contribution in [3.8, 4) is 11.4 Å². The SMILES string of the molecule is CC(C)CN1CCO[C@@H](CSc2nnnn2-c2ccc(O)cc2)C1. The largest absolute Gasteiger partial charge is 0.508 e. The molecule has 0 spiro atoms. The van der Waals surface area contributed by atoms with Crippen molar-refractivity contribution in [1.82, 2.24) is 25.1 Å². The highest BCUT2D eigenvalue weighted by molar-refractivity contribution is 7.99. The Kier molecular flexibility index (Phi) is 5.70. The standard InChI is InChI=1S/C16H23N5O2S/c1-12(2)9-20-7-8-23-15(10-20)11-24-16-17-18-19-21(16)13-3-5-14(22)6-4-13/h3-6,12,15,22H,7-11H2,1-2H3/t15-/m1/s1. The molecule has 0 unspecified atom stereocenters. The molecular weight excluding hydrogens is 326 g/mol. The summed E-state index contributed by atoms with van der Waals surface area (Å²) in [5.41, 5.74) is 0.825. The quantitative estimate of drug-likeness (QED) is 0.797. The highest BCUT2D eigenvalue weighted by Gasteiger charge is 2.22. The maximum Gasteiger partial charge on any atom is 0.214 e. The third kappa shape index (κ3) is 4.46. The molecule has 1 atom stereocenters. The molecule has 130 valence electrons. The second-order valence-electron chi connectivity index (χ2n) is 6.35. The summed E-state index contributed by atoms with van der Waals surface area (Å²) in [5.74, 6) is 1.70. The maximum absolute atomic E-state index is 9.40. The Labute approximate surface area is 146 Å². The highest BCUT2D eigenvalue weighted by atomic mass is 32.2. The number of morpholine rings is 1. The van der Waals surface area contributed by atoms with Crippen LogP contribution in [0.25, 0.3) is 5.69 Å². The van der Waals surface area contributed by atoms with Gasteiger partial charge in [-0.2, -0.15) is 4.68 Å². The Morgan fingerprint density at radius 3 is 2.88 bits per heavy atom. The lowest BCUT2D eigenvalue weighted by Gasteiger charge is -2.33. The van der Waals surface area contributed by atoms with E-state index in [9.17, 15) is 5.11 Å². The van der Waals surface area contributed by atoms with Crippen molar-refractivity contribution in [2.24, 2.45) is 5.92 Å². The van der Waals surface area contributed by atoms with Crippen LogP contribution in [0.4, 0.5) is 0 Å². The van der Waals surface area contributed by atoms with Gasteiger partial charge in [0.15, 0.2) is 0 Å². The lowest BCUT2D eigenvalue weighted by Crippen LogP contribution is -2.44. The maximum atomic E-state index is 9.40.